The van der Waals surface area contributed by atoms with Gasteiger partial charge in [-0.15, -0.1) is 0 Å². The van der Waals surface area contributed by atoms with Crippen molar-refractivity contribution in [1.29, 1.82) is 0 Å². The molecule has 1 heterocycles. The normalized spacial score (nSPS) is 14.1. The molecule has 0 atom stereocenters. The van der Waals surface area contributed by atoms with Crippen molar-refractivity contribution in [2.24, 2.45) is 0 Å². The van der Waals surface area contributed by atoms with Crippen LogP contribution in [0.25, 0.3) is 22.8 Å². The van der Waals surface area contributed by atoms with Gasteiger partial charge in [0.05, 0.1) is 17.2 Å². The number of nitrogens with zero attached hydrogens (tertiary/aromatic N) is 2. The molecule has 29 heavy (non-hydrogen) atoms. The maximum atomic E-state index is 12.8. The summed E-state index contributed by atoms with van der Waals surface area (Å²) in [5, 5.41) is 0. The number of benzene rings is 2. The minimum atomic E-state index is -4.44. The first-order chi connectivity index (χ1) is 13.7. The smallest absolute Gasteiger partial charge is 0.416 e. The number of aromatic amines is 1. The van der Waals surface area contributed by atoms with Crippen LogP contribution in [0.3, 0.4) is 0 Å². The van der Waals surface area contributed by atoms with E-state index in [4.69, 9.17) is 4.74 Å². The minimum absolute atomic E-state index is 0.0516. The number of nitrogens with one attached hydrogen (secondary N) is 1. The molecule has 2 aromatic carbocycles. The molecule has 0 radical (unpaired) electrons. The van der Waals surface area contributed by atoms with Crippen molar-refractivity contribution in [2.45, 2.75) is 39.0 Å². The fraction of sp³-hybridized carbons (Fsp3) is 0.286. The molecule has 1 aliphatic carbocycles. The third kappa shape index (κ3) is 4.01. The SMILES string of the molecule is Cc1ccc(C)c(-c2nc(-c3ccc(C(F)(F)F)cc3)nc(=O)[nH]2)c1OC1CC1. The highest BCUT2D eigenvalue weighted by molar-refractivity contribution is 5.71. The molecule has 1 aliphatic rings. The van der Waals surface area contributed by atoms with E-state index in [1.165, 1.54) is 12.1 Å². The van der Waals surface area contributed by atoms with Crippen molar-refractivity contribution < 1.29 is 17.9 Å². The zero-order valence-corrected chi connectivity index (χ0v) is 15.8. The summed E-state index contributed by atoms with van der Waals surface area (Å²) in [5.74, 6) is 0.979. The number of aromatic nitrogens is 3. The molecule has 1 fully saturated rings. The Bertz CT molecular complexity index is 1120. The van der Waals surface area contributed by atoms with Crippen molar-refractivity contribution in [1.82, 2.24) is 15.0 Å². The quantitative estimate of drug-likeness (QED) is 0.690. The van der Waals surface area contributed by atoms with Gasteiger partial charge in [0.1, 0.15) is 11.6 Å². The van der Waals surface area contributed by atoms with Gasteiger partial charge < -0.3 is 4.74 Å². The molecule has 1 aromatic heterocycles. The molecule has 5 nitrogen and oxygen atoms in total. The first kappa shape index (κ1) is 19.2. The largest absolute Gasteiger partial charge is 0.489 e. The number of ether oxygens (including phenoxy) is 1. The van der Waals surface area contributed by atoms with Gasteiger partial charge in [0.25, 0.3) is 0 Å². The summed E-state index contributed by atoms with van der Waals surface area (Å²) in [4.78, 5) is 23.1. The Morgan fingerprint density at radius 3 is 2.28 bits per heavy atom. The van der Waals surface area contributed by atoms with Gasteiger partial charge in [-0.05, 0) is 49.9 Å². The van der Waals surface area contributed by atoms with E-state index in [2.05, 4.69) is 15.0 Å². The van der Waals surface area contributed by atoms with E-state index in [-0.39, 0.29) is 17.8 Å². The number of rotatable bonds is 4. The van der Waals surface area contributed by atoms with E-state index in [1.807, 2.05) is 26.0 Å². The number of halogens is 3. The Morgan fingerprint density at radius 2 is 1.66 bits per heavy atom. The number of alkyl halides is 3. The molecule has 0 aliphatic heterocycles. The van der Waals surface area contributed by atoms with Gasteiger partial charge in [-0.1, -0.05) is 24.3 Å². The lowest BCUT2D eigenvalue weighted by atomic mass is 10.0. The second-order valence-electron chi connectivity index (χ2n) is 7.12. The molecule has 1 N–H and O–H groups in total. The Labute approximate surface area is 164 Å². The molecule has 3 aromatic rings. The van der Waals surface area contributed by atoms with Gasteiger partial charge >= 0.3 is 11.9 Å². The van der Waals surface area contributed by atoms with E-state index in [9.17, 15) is 18.0 Å². The van der Waals surface area contributed by atoms with Crippen molar-refractivity contribution >= 4 is 0 Å². The highest BCUT2D eigenvalue weighted by Crippen LogP contribution is 2.38. The average molecular weight is 401 g/mol. The summed E-state index contributed by atoms with van der Waals surface area (Å²) in [6.45, 7) is 3.80. The Hall–Kier alpha value is -3.16. The van der Waals surface area contributed by atoms with Crippen LogP contribution < -0.4 is 10.4 Å². The van der Waals surface area contributed by atoms with E-state index in [0.29, 0.717) is 16.9 Å². The van der Waals surface area contributed by atoms with Crippen molar-refractivity contribution in [3.63, 3.8) is 0 Å². The average Bonchev–Trinajstić information content (AvgIpc) is 3.48. The Kier molecular flexibility index (Phi) is 4.64. The molecule has 8 heteroatoms. The lowest BCUT2D eigenvalue weighted by molar-refractivity contribution is -0.137. The second kappa shape index (κ2) is 7.02. The summed E-state index contributed by atoms with van der Waals surface area (Å²) >= 11 is 0. The predicted octanol–water partition coefficient (Wildman–Crippen LogP) is 4.68. The zero-order valence-electron chi connectivity index (χ0n) is 15.8. The predicted molar refractivity (Wildman–Crippen MR) is 102 cm³/mol. The third-order valence-electron chi connectivity index (χ3n) is 4.73. The Morgan fingerprint density at radius 1 is 1.00 bits per heavy atom. The standard InChI is InChI=1S/C21H18F3N3O2/c1-11-3-4-12(2)17(29-15-9-10-15)16(11)19-25-18(26-20(28)27-19)13-5-7-14(8-6-13)21(22,23)24/h3-8,15H,9-10H2,1-2H3,(H,25,26,27,28). The molecule has 1 saturated carbocycles. The number of H-pyrrole nitrogens is 1. The van der Waals surface area contributed by atoms with Crippen LogP contribution in [0, 0.1) is 13.8 Å². The molecular formula is C21H18F3N3O2. The van der Waals surface area contributed by atoms with Gasteiger partial charge in [0.15, 0.2) is 5.82 Å². The fourth-order valence-electron chi connectivity index (χ4n) is 3.02. The van der Waals surface area contributed by atoms with E-state index in [0.717, 1.165) is 36.1 Å². The lowest BCUT2D eigenvalue weighted by Crippen LogP contribution is -2.15. The lowest BCUT2D eigenvalue weighted by Gasteiger charge is -2.16. The molecule has 0 bridgehead atoms. The molecule has 0 saturated heterocycles. The molecule has 0 amide bonds. The van der Waals surface area contributed by atoms with Crippen LogP contribution in [0.4, 0.5) is 13.2 Å². The van der Waals surface area contributed by atoms with Crippen LogP contribution >= 0.6 is 0 Å². The van der Waals surface area contributed by atoms with Crippen LogP contribution in [0.2, 0.25) is 0 Å². The van der Waals surface area contributed by atoms with E-state index < -0.39 is 17.4 Å². The van der Waals surface area contributed by atoms with Gasteiger partial charge in [-0.2, -0.15) is 18.2 Å². The maximum absolute atomic E-state index is 12.8. The fourth-order valence-corrected chi connectivity index (χ4v) is 3.02. The Balaban J connectivity index is 1.81. The van der Waals surface area contributed by atoms with E-state index >= 15 is 0 Å². The first-order valence-corrected chi connectivity index (χ1v) is 9.15. The summed E-state index contributed by atoms with van der Waals surface area (Å²) in [5.41, 5.74) is 1.33. The summed E-state index contributed by atoms with van der Waals surface area (Å²) in [6, 6.07) is 8.24. The van der Waals surface area contributed by atoms with Crippen LogP contribution in [-0.2, 0) is 6.18 Å². The molecule has 150 valence electrons. The minimum Gasteiger partial charge on any atom is -0.489 e. The number of hydrogen-bond acceptors (Lipinski definition) is 4. The highest BCUT2D eigenvalue weighted by Gasteiger charge is 2.30. The van der Waals surface area contributed by atoms with Gasteiger partial charge in [-0.25, -0.2) is 9.78 Å². The summed E-state index contributed by atoms with van der Waals surface area (Å²) in [7, 11) is 0. The highest BCUT2D eigenvalue weighted by atomic mass is 19.4. The summed E-state index contributed by atoms with van der Waals surface area (Å²) in [6.07, 6.45) is -2.34. The molecular weight excluding hydrogens is 383 g/mol. The zero-order chi connectivity index (χ0) is 20.8. The molecule has 0 unspecified atom stereocenters. The molecule has 0 spiro atoms. The summed E-state index contributed by atoms with van der Waals surface area (Å²) < 4.78 is 44.5. The van der Waals surface area contributed by atoms with Crippen LogP contribution in [0.5, 0.6) is 5.75 Å². The molecule has 4 rings (SSSR count). The number of aryl methyl sites for hydroxylation is 2. The third-order valence-corrected chi connectivity index (χ3v) is 4.73. The van der Waals surface area contributed by atoms with Crippen molar-refractivity contribution in [3.8, 4) is 28.5 Å². The van der Waals surface area contributed by atoms with Gasteiger partial charge in [-0.3, -0.25) is 4.98 Å². The van der Waals surface area contributed by atoms with Crippen molar-refractivity contribution in [3.05, 3.63) is 63.6 Å². The monoisotopic (exact) mass is 401 g/mol. The topological polar surface area (TPSA) is 67.9 Å². The van der Waals surface area contributed by atoms with Crippen molar-refractivity contribution in [2.75, 3.05) is 0 Å². The second-order valence-corrected chi connectivity index (χ2v) is 7.12. The van der Waals surface area contributed by atoms with E-state index in [1.54, 1.807) is 0 Å². The number of hydrogen-bond donors (Lipinski definition) is 1. The van der Waals surface area contributed by atoms with Crippen LogP contribution in [0.1, 0.15) is 29.5 Å². The van der Waals surface area contributed by atoms with Crippen LogP contribution in [0.15, 0.2) is 41.2 Å². The maximum Gasteiger partial charge on any atom is 0.416 e. The first-order valence-electron chi connectivity index (χ1n) is 9.15. The van der Waals surface area contributed by atoms with Gasteiger partial charge in [0, 0.05) is 5.56 Å². The van der Waals surface area contributed by atoms with Gasteiger partial charge in [0.2, 0.25) is 0 Å². The van der Waals surface area contributed by atoms with Crippen LogP contribution in [-0.4, -0.2) is 21.1 Å².